The summed E-state index contributed by atoms with van der Waals surface area (Å²) < 4.78 is 5.59. The van der Waals surface area contributed by atoms with Gasteiger partial charge in [-0.2, -0.15) is 10.2 Å². The van der Waals surface area contributed by atoms with Gasteiger partial charge in [-0.15, -0.1) is 0 Å². The number of amides is 1. The molecule has 160 valence electrons. The SMILES string of the molecule is CC(C)(C)/N=N/C1(NC(=S)NNC(=O)CCCOc2ccccc2)CCCCC1. The zero-order valence-corrected chi connectivity index (χ0v) is 18.5. The monoisotopic (exact) mass is 419 g/mol. The number of carbonyl (C=O) groups excluding carboxylic acids is 1. The van der Waals surface area contributed by atoms with Crippen molar-refractivity contribution in [2.75, 3.05) is 6.61 Å². The van der Waals surface area contributed by atoms with Crippen molar-refractivity contribution in [3.8, 4) is 5.75 Å². The minimum atomic E-state index is -0.496. The number of nitrogens with zero attached hydrogens (tertiary/aromatic N) is 2. The standard InChI is InChI=1S/C21H33N5O2S/c1-20(2,3)25-26-21(14-8-5-9-15-21)22-19(29)24-23-18(27)13-10-16-28-17-11-6-4-7-12-17/h4,6-7,11-12H,5,8-10,13-16H2,1-3H3,(H,23,27)(H2,22,24,29)/b26-25+. The van der Waals surface area contributed by atoms with Crippen LogP contribution >= 0.6 is 12.2 Å². The molecule has 1 aromatic carbocycles. The Morgan fingerprint density at radius 1 is 1.14 bits per heavy atom. The number of ether oxygens (including phenoxy) is 1. The molecular weight excluding hydrogens is 386 g/mol. The van der Waals surface area contributed by atoms with Crippen LogP contribution in [-0.2, 0) is 4.79 Å². The number of hydrogen-bond donors (Lipinski definition) is 3. The number of nitrogens with one attached hydrogen (secondary N) is 3. The van der Waals surface area contributed by atoms with E-state index in [-0.39, 0.29) is 11.4 Å². The highest BCUT2D eigenvalue weighted by molar-refractivity contribution is 7.80. The highest BCUT2D eigenvalue weighted by Gasteiger charge is 2.33. The van der Waals surface area contributed by atoms with Crippen LogP contribution in [0.25, 0.3) is 0 Å². The molecule has 0 spiro atoms. The van der Waals surface area contributed by atoms with Crippen molar-refractivity contribution in [2.45, 2.75) is 76.9 Å². The summed E-state index contributed by atoms with van der Waals surface area (Å²) >= 11 is 5.37. The van der Waals surface area contributed by atoms with Gasteiger partial charge in [0.2, 0.25) is 5.91 Å². The number of carbonyl (C=O) groups is 1. The minimum Gasteiger partial charge on any atom is -0.494 e. The van der Waals surface area contributed by atoms with Crippen LogP contribution in [0.2, 0.25) is 0 Å². The highest BCUT2D eigenvalue weighted by atomic mass is 32.1. The number of rotatable bonds is 7. The van der Waals surface area contributed by atoms with E-state index in [1.807, 2.05) is 51.1 Å². The number of hydrazine groups is 1. The molecule has 0 aliphatic heterocycles. The molecule has 1 aliphatic carbocycles. The summed E-state index contributed by atoms with van der Waals surface area (Å²) in [7, 11) is 0. The van der Waals surface area contributed by atoms with Gasteiger partial charge in [0.15, 0.2) is 10.8 Å². The Balaban J connectivity index is 1.72. The maximum atomic E-state index is 12.0. The van der Waals surface area contributed by atoms with E-state index >= 15 is 0 Å². The molecule has 1 aromatic rings. The average molecular weight is 420 g/mol. The van der Waals surface area contributed by atoms with E-state index in [0.717, 1.165) is 31.4 Å². The fourth-order valence-corrected chi connectivity index (χ4v) is 3.24. The topological polar surface area (TPSA) is 87.1 Å². The molecule has 0 atom stereocenters. The lowest BCUT2D eigenvalue weighted by atomic mass is 9.90. The third-order valence-corrected chi connectivity index (χ3v) is 4.65. The molecule has 8 heteroatoms. The van der Waals surface area contributed by atoms with Gasteiger partial charge in [0.25, 0.3) is 0 Å². The van der Waals surface area contributed by atoms with Crippen LogP contribution in [0.3, 0.4) is 0 Å². The van der Waals surface area contributed by atoms with Crippen molar-refractivity contribution in [1.82, 2.24) is 16.2 Å². The van der Waals surface area contributed by atoms with Gasteiger partial charge in [-0.3, -0.25) is 15.6 Å². The van der Waals surface area contributed by atoms with Crippen LogP contribution in [0.15, 0.2) is 40.6 Å². The predicted molar refractivity (Wildman–Crippen MR) is 119 cm³/mol. The van der Waals surface area contributed by atoms with Gasteiger partial charge >= 0.3 is 0 Å². The Hall–Kier alpha value is -2.22. The highest BCUT2D eigenvalue weighted by Crippen LogP contribution is 2.30. The van der Waals surface area contributed by atoms with Gasteiger partial charge in [0.05, 0.1) is 12.1 Å². The van der Waals surface area contributed by atoms with Crippen molar-refractivity contribution in [2.24, 2.45) is 10.2 Å². The smallest absolute Gasteiger partial charge is 0.238 e. The van der Waals surface area contributed by atoms with Gasteiger partial charge in [-0.05, 0) is 77.2 Å². The quantitative estimate of drug-likeness (QED) is 0.266. The Morgan fingerprint density at radius 2 is 1.83 bits per heavy atom. The van der Waals surface area contributed by atoms with Crippen molar-refractivity contribution in [3.63, 3.8) is 0 Å². The van der Waals surface area contributed by atoms with Gasteiger partial charge in [0.1, 0.15) is 5.75 Å². The molecule has 0 radical (unpaired) electrons. The second-order valence-electron chi connectivity index (χ2n) is 8.36. The molecule has 2 rings (SSSR count). The molecule has 1 aliphatic rings. The maximum absolute atomic E-state index is 12.0. The lowest BCUT2D eigenvalue weighted by Gasteiger charge is -2.35. The van der Waals surface area contributed by atoms with Crippen molar-refractivity contribution in [3.05, 3.63) is 30.3 Å². The van der Waals surface area contributed by atoms with Gasteiger partial charge in [-0.25, -0.2) is 0 Å². The van der Waals surface area contributed by atoms with E-state index in [9.17, 15) is 4.79 Å². The van der Waals surface area contributed by atoms with E-state index in [1.165, 1.54) is 6.42 Å². The lowest BCUT2D eigenvalue weighted by molar-refractivity contribution is -0.121. The summed E-state index contributed by atoms with van der Waals surface area (Å²) in [4.78, 5) is 12.0. The first kappa shape index (κ1) is 23.1. The largest absolute Gasteiger partial charge is 0.494 e. The Kier molecular flexibility index (Phi) is 8.82. The summed E-state index contributed by atoms with van der Waals surface area (Å²) in [6, 6.07) is 9.55. The van der Waals surface area contributed by atoms with E-state index < -0.39 is 5.66 Å². The fraction of sp³-hybridized carbons (Fsp3) is 0.619. The zero-order chi connectivity index (χ0) is 21.2. The number of azo groups is 1. The van der Waals surface area contributed by atoms with Crippen LogP contribution in [0.1, 0.15) is 65.7 Å². The molecule has 1 amide bonds. The molecule has 29 heavy (non-hydrogen) atoms. The molecule has 0 heterocycles. The van der Waals surface area contributed by atoms with Gasteiger partial charge in [-0.1, -0.05) is 24.6 Å². The third kappa shape index (κ3) is 9.21. The fourth-order valence-electron chi connectivity index (χ4n) is 3.00. The molecule has 3 N–H and O–H groups in total. The van der Waals surface area contributed by atoms with E-state index in [0.29, 0.717) is 24.6 Å². The van der Waals surface area contributed by atoms with Crippen LogP contribution in [0, 0.1) is 0 Å². The summed E-state index contributed by atoms with van der Waals surface area (Å²) in [5.41, 5.74) is 4.69. The summed E-state index contributed by atoms with van der Waals surface area (Å²) in [5, 5.41) is 12.7. The van der Waals surface area contributed by atoms with Crippen LogP contribution in [-0.4, -0.2) is 28.8 Å². The number of benzene rings is 1. The summed E-state index contributed by atoms with van der Waals surface area (Å²) in [6.45, 7) is 6.54. The Bertz CT molecular complexity index is 682. The molecule has 0 unspecified atom stereocenters. The van der Waals surface area contributed by atoms with Crippen molar-refractivity contribution < 1.29 is 9.53 Å². The van der Waals surface area contributed by atoms with Crippen LogP contribution < -0.4 is 20.9 Å². The first-order valence-corrected chi connectivity index (χ1v) is 10.7. The Labute approximate surface area is 179 Å². The van der Waals surface area contributed by atoms with Crippen LogP contribution in [0.5, 0.6) is 5.75 Å². The number of para-hydroxylation sites is 1. The van der Waals surface area contributed by atoms with Crippen LogP contribution in [0.4, 0.5) is 0 Å². The summed E-state index contributed by atoms with van der Waals surface area (Å²) in [5.74, 6) is 0.665. The molecule has 1 fully saturated rings. The van der Waals surface area contributed by atoms with E-state index in [2.05, 4.69) is 26.4 Å². The molecule has 0 saturated heterocycles. The number of hydrogen-bond acceptors (Lipinski definition) is 5. The third-order valence-electron chi connectivity index (χ3n) is 4.44. The normalized spacial score (nSPS) is 16.2. The molecular formula is C21H33N5O2S. The number of thiocarbonyl (C=S) groups is 1. The Morgan fingerprint density at radius 3 is 2.48 bits per heavy atom. The predicted octanol–water partition coefficient (Wildman–Crippen LogP) is 4.25. The molecule has 0 aromatic heterocycles. The second kappa shape index (κ2) is 11.1. The summed E-state index contributed by atoms with van der Waals surface area (Å²) in [6.07, 6.45) is 6.05. The zero-order valence-electron chi connectivity index (χ0n) is 17.7. The first-order valence-electron chi connectivity index (χ1n) is 10.3. The average Bonchev–Trinajstić information content (AvgIpc) is 2.69. The van der Waals surface area contributed by atoms with E-state index in [1.54, 1.807) is 0 Å². The molecule has 7 nitrogen and oxygen atoms in total. The maximum Gasteiger partial charge on any atom is 0.238 e. The van der Waals surface area contributed by atoms with Gasteiger partial charge in [0, 0.05) is 6.42 Å². The van der Waals surface area contributed by atoms with Crippen molar-refractivity contribution in [1.29, 1.82) is 0 Å². The molecule has 1 saturated carbocycles. The molecule has 0 bridgehead atoms. The van der Waals surface area contributed by atoms with E-state index in [4.69, 9.17) is 17.0 Å². The minimum absolute atomic E-state index is 0.139. The lowest BCUT2D eigenvalue weighted by Crippen LogP contribution is -2.55. The second-order valence-corrected chi connectivity index (χ2v) is 8.76. The first-order chi connectivity index (χ1) is 13.8. The van der Waals surface area contributed by atoms with Crippen molar-refractivity contribution >= 4 is 23.2 Å². The van der Waals surface area contributed by atoms with Gasteiger partial charge < -0.3 is 10.1 Å².